The van der Waals surface area contributed by atoms with Crippen LogP contribution in [0.4, 0.5) is 0 Å². The lowest BCUT2D eigenvalue weighted by Gasteiger charge is -2.09. The van der Waals surface area contributed by atoms with Crippen molar-refractivity contribution >= 4 is 17.5 Å². The number of halogens is 1. The average Bonchev–Trinajstić information content (AvgIpc) is 2.63. The molecule has 3 heteroatoms. The van der Waals surface area contributed by atoms with Gasteiger partial charge in [0.15, 0.2) is 0 Å². The minimum absolute atomic E-state index is 0.0427. The number of nitrogens with one attached hydrogen (secondary N) is 1. The van der Waals surface area contributed by atoms with E-state index in [1.807, 2.05) is 0 Å². The van der Waals surface area contributed by atoms with Crippen molar-refractivity contribution in [1.82, 2.24) is 5.32 Å². The predicted octanol–water partition coefficient (Wildman–Crippen LogP) is 1.92. The Kier molecular flexibility index (Phi) is 2.67. The second-order valence-electron chi connectivity index (χ2n) is 3.89. The van der Waals surface area contributed by atoms with E-state index in [2.05, 4.69) is 19.2 Å². The molecule has 0 aromatic rings. The third-order valence-electron chi connectivity index (χ3n) is 2.84. The molecule has 1 saturated carbocycles. The average molecular weight is 190 g/mol. The summed E-state index contributed by atoms with van der Waals surface area (Å²) in [6, 6.07) is 0.358. The van der Waals surface area contributed by atoms with Gasteiger partial charge < -0.3 is 5.32 Å². The Hall–Kier alpha value is -0.240. The molecule has 70 valence electrons. The lowest BCUT2D eigenvalue weighted by atomic mass is 10.1. The molecule has 0 radical (unpaired) electrons. The molecule has 3 unspecified atom stereocenters. The van der Waals surface area contributed by atoms with Crippen LogP contribution in [-0.2, 0) is 4.79 Å². The van der Waals surface area contributed by atoms with E-state index in [9.17, 15) is 4.79 Å². The Morgan fingerprint density at radius 1 is 1.83 bits per heavy atom. The van der Waals surface area contributed by atoms with E-state index in [4.69, 9.17) is 11.6 Å². The van der Waals surface area contributed by atoms with Gasteiger partial charge in [0.05, 0.1) is 0 Å². The third kappa shape index (κ3) is 1.92. The molecule has 1 amide bonds. The highest BCUT2D eigenvalue weighted by Crippen LogP contribution is 2.48. The fourth-order valence-corrected chi connectivity index (χ4v) is 1.37. The number of rotatable bonds is 3. The molecular formula is C9H16ClNO. The van der Waals surface area contributed by atoms with Crippen molar-refractivity contribution in [3.63, 3.8) is 0 Å². The van der Waals surface area contributed by atoms with Gasteiger partial charge in [0, 0.05) is 6.04 Å². The first kappa shape index (κ1) is 9.85. The van der Waals surface area contributed by atoms with E-state index in [1.54, 1.807) is 6.92 Å². The summed E-state index contributed by atoms with van der Waals surface area (Å²) in [7, 11) is 0. The van der Waals surface area contributed by atoms with Gasteiger partial charge in [0.1, 0.15) is 5.38 Å². The monoisotopic (exact) mass is 189 g/mol. The van der Waals surface area contributed by atoms with Crippen molar-refractivity contribution in [2.24, 2.45) is 5.41 Å². The van der Waals surface area contributed by atoms with Gasteiger partial charge in [-0.2, -0.15) is 0 Å². The molecule has 0 saturated heterocycles. The van der Waals surface area contributed by atoms with Crippen LogP contribution < -0.4 is 5.32 Å². The van der Waals surface area contributed by atoms with E-state index in [0.29, 0.717) is 11.5 Å². The number of amides is 1. The Bertz CT molecular complexity index is 193. The van der Waals surface area contributed by atoms with Crippen LogP contribution in [0.1, 0.15) is 33.6 Å². The minimum atomic E-state index is -0.410. The van der Waals surface area contributed by atoms with Crippen LogP contribution in [0.25, 0.3) is 0 Å². The summed E-state index contributed by atoms with van der Waals surface area (Å²) >= 11 is 5.62. The Balaban J connectivity index is 2.32. The topological polar surface area (TPSA) is 29.1 Å². The van der Waals surface area contributed by atoms with Crippen LogP contribution in [0.5, 0.6) is 0 Å². The number of hydrogen-bond acceptors (Lipinski definition) is 1. The number of carbonyl (C=O) groups is 1. The lowest BCUT2D eigenvalue weighted by Crippen LogP contribution is -2.33. The largest absolute Gasteiger partial charge is 0.352 e. The molecule has 0 heterocycles. The summed E-state index contributed by atoms with van der Waals surface area (Å²) in [5.74, 6) is -0.0427. The summed E-state index contributed by atoms with van der Waals surface area (Å²) in [4.78, 5) is 11.2. The maximum atomic E-state index is 11.2. The fourth-order valence-electron chi connectivity index (χ4n) is 1.31. The number of hydrogen-bond donors (Lipinski definition) is 1. The fraction of sp³-hybridized carbons (Fsp3) is 0.889. The molecule has 1 rings (SSSR count). The molecule has 0 bridgehead atoms. The van der Waals surface area contributed by atoms with E-state index < -0.39 is 5.38 Å². The molecule has 0 aromatic heterocycles. The molecule has 1 aliphatic rings. The molecular weight excluding hydrogens is 174 g/mol. The zero-order valence-corrected chi connectivity index (χ0v) is 8.61. The summed E-state index contributed by atoms with van der Waals surface area (Å²) < 4.78 is 0. The maximum Gasteiger partial charge on any atom is 0.238 e. The highest BCUT2D eigenvalue weighted by Gasteiger charge is 2.49. The van der Waals surface area contributed by atoms with Crippen LogP contribution >= 0.6 is 11.6 Å². The first-order valence-corrected chi connectivity index (χ1v) is 4.87. The summed E-state index contributed by atoms with van der Waals surface area (Å²) in [6.45, 7) is 6.04. The summed E-state index contributed by atoms with van der Waals surface area (Å²) in [6.07, 6.45) is 2.22. The van der Waals surface area contributed by atoms with Gasteiger partial charge in [-0.15, -0.1) is 11.6 Å². The second-order valence-corrected chi connectivity index (χ2v) is 4.54. The van der Waals surface area contributed by atoms with Crippen molar-refractivity contribution in [3.8, 4) is 0 Å². The van der Waals surface area contributed by atoms with Crippen molar-refractivity contribution in [1.29, 1.82) is 0 Å². The maximum absolute atomic E-state index is 11.2. The molecule has 0 aliphatic heterocycles. The van der Waals surface area contributed by atoms with Crippen LogP contribution in [0.2, 0.25) is 0 Å². The quantitative estimate of drug-likeness (QED) is 0.676. The molecule has 12 heavy (non-hydrogen) atoms. The summed E-state index contributed by atoms with van der Waals surface area (Å²) in [5.41, 5.74) is 0.335. The lowest BCUT2D eigenvalue weighted by molar-refractivity contribution is -0.120. The first-order chi connectivity index (χ1) is 5.49. The van der Waals surface area contributed by atoms with Crippen LogP contribution in [0, 0.1) is 5.41 Å². The van der Waals surface area contributed by atoms with Crippen LogP contribution in [0.3, 0.4) is 0 Å². The zero-order valence-electron chi connectivity index (χ0n) is 7.86. The molecule has 0 spiro atoms. The summed E-state index contributed by atoms with van der Waals surface area (Å²) in [5, 5.41) is 2.51. The highest BCUT2D eigenvalue weighted by molar-refractivity contribution is 6.30. The number of alkyl halides is 1. The van der Waals surface area contributed by atoms with Gasteiger partial charge in [-0.1, -0.05) is 13.8 Å². The van der Waals surface area contributed by atoms with E-state index in [1.165, 1.54) is 0 Å². The predicted molar refractivity (Wildman–Crippen MR) is 50.3 cm³/mol. The molecule has 1 N–H and O–H groups in total. The normalized spacial score (nSPS) is 35.8. The van der Waals surface area contributed by atoms with E-state index in [-0.39, 0.29) is 5.91 Å². The minimum Gasteiger partial charge on any atom is -0.352 e. The van der Waals surface area contributed by atoms with Crippen molar-refractivity contribution < 1.29 is 4.79 Å². The molecule has 0 aromatic carbocycles. The van der Waals surface area contributed by atoms with E-state index >= 15 is 0 Å². The van der Waals surface area contributed by atoms with Crippen LogP contribution in [0.15, 0.2) is 0 Å². The highest BCUT2D eigenvalue weighted by atomic mass is 35.5. The second kappa shape index (κ2) is 3.25. The van der Waals surface area contributed by atoms with Gasteiger partial charge in [0.25, 0.3) is 0 Å². The van der Waals surface area contributed by atoms with Gasteiger partial charge >= 0.3 is 0 Å². The standard InChI is InChI=1S/C9H16ClNO/c1-4-9(3)5-7(9)11-8(12)6(2)10/h6-7H,4-5H2,1-3H3,(H,11,12). The van der Waals surface area contributed by atoms with Crippen molar-refractivity contribution in [3.05, 3.63) is 0 Å². The molecule has 2 nitrogen and oxygen atoms in total. The Labute approximate surface area is 78.7 Å². The molecule has 1 fully saturated rings. The molecule has 1 aliphatic carbocycles. The smallest absolute Gasteiger partial charge is 0.238 e. The van der Waals surface area contributed by atoms with Gasteiger partial charge in [-0.25, -0.2) is 0 Å². The van der Waals surface area contributed by atoms with Gasteiger partial charge in [-0.3, -0.25) is 4.79 Å². The number of carbonyl (C=O) groups excluding carboxylic acids is 1. The third-order valence-corrected chi connectivity index (χ3v) is 3.04. The van der Waals surface area contributed by atoms with E-state index in [0.717, 1.165) is 12.8 Å². The van der Waals surface area contributed by atoms with Gasteiger partial charge in [-0.05, 0) is 25.2 Å². The molecule has 3 atom stereocenters. The van der Waals surface area contributed by atoms with Crippen molar-refractivity contribution in [2.45, 2.75) is 45.0 Å². The van der Waals surface area contributed by atoms with Crippen LogP contribution in [-0.4, -0.2) is 17.3 Å². The van der Waals surface area contributed by atoms with Crippen molar-refractivity contribution in [2.75, 3.05) is 0 Å². The Morgan fingerprint density at radius 2 is 2.42 bits per heavy atom. The SMILES string of the molecule is CCC1(C)CC1NC(=O)C(C)Cl. The first-order valence-electron chi connectivity index (χ1n) is 4.44. The van der Waals surface area contributed by atoms with Gasteiger partial charge in [0.2, 0.25) is 5.91 Å². The Morgan fingerprint density at radius 3 is 2.75 bits per heavy atom. The zero-order chi connectivity index (χ0) is 9.35.